The summed E-state index contributed by atoms with van der Waals surface area (Å²) in [6.07, 6.45) is -1.19. The number of amides is 1. The van der Waals surface area contributed by atoms with E-state index in [1.165, 1.54) is 6.92 Å². The van der Waals surface area contributed by atoms with Crippen molar-refractivity contribution in [2.45, 2.75) is 51.1 Å². The Balaban J connectivity index is 1.36. The van der Waals surface area contributed by atoms with Crippen LogP contribution in [0.5, 0.6) is 5.75 Å². The first-order valence-corrected chi connectivity index (χ1v) is 14.9. The molecule has 5 rings (SSSR count). The van der Waals surface area contributed by atoms with Crippen molar-refractivity contribution in [1.82, 2.24) is 10.2 Å². The standard InChI is InChI=1S/C36H40N2O6/c1-24(40)37-20-26-6-3-7-28(16-26)29-8-4-10-31(17-29)36-43-33(19-35(44-36)27-14-12-25(23-39)13-15-27)21-38(2)22-34(42)30-9-5-11-32(41)18-30/h3-18,33-36,39,41-42H,19-23H2,1-2H3,(H,37,40). The molecule has 0 bridgehead atoms. The Labute approximate surface area is 258 Å². The van der Waals surface area contributed by atoms with Crippen molar-refractivity contribution in [3.8, 4) is 16.9 Å². The third-order valence-electron chi connectivity index (χ3n) is 7.83. The third-order valence-corrected chi connectivity index (χ3v) is 7.83. The van der Waals surface area contributed by atoms with Gasteiger partial charge in [0.2, 0.25) is 5.91 Å². The Morgan fingerprint density at radius 2 is 1.64 bits per heavy atom. The number of benzene rings is 4. The topological polar surface area (TPSA) is 111 Å². The molecule has 1 fully saturated rings. The zero-order chi connectivity index (χ0) is 31.1. The normalized spacial score (nSPS) is 19.1. The maximum atomic E-state index is 11.4. The average Bonchev–Trinajstić information content (AvgIpc) is 3.04. The number of aliphatic hydroxyl groups is 2. The van der Waals surface area contributed by atoms with Crippen LogP contribution in [0.3, 0.4) is 0 Å². The number of carbonyl (C=O) groups excluding carboxylic acids is 1. The van der Waals surface area contributed by atoms with Gasteiger partial charge in [0.1, 0.15) is 5.75 Å². The molecule has 4 atom stereocenters. The van der Waals surface area contributed by atoms with Crippen LogP contribution in [0.1, 0.15) is 59.7 Å². The van der Waals surface area contributed by atoms with Gasteiger partial charge in [0, 0.05) is 38.5 Å². The minimum absolute atomic E-state index is 0.0225. The second-order valence-electron chi connectivity index (χ2n) is 11.4. The lowest BCUT2D eigenvalue weighted by molar-refractivity contribution is -0.252. The van der Waals surface area contributed by atoms with E-state index in [-0.39, 0.29) is 30.5 Å². The number of aliphatic hydroxyl groups excluding tert-OH is 2. The maximum absolute atomic E-state index is 11.4. The molecule has 0 radical (unpaired) electrons. The van der Waals surface area contributed by atoms with E-state index in [9.17, 15) is 20.1 Å². The van der Waals surface area contributed by atoms with Crippen LogP contribution in [0.4, 0.5) is 0 Å². The molecule has 0 aliphatic carbocycles. The number of phenolic OH excluding ortho intramolecular Hbond substituents is 1. The van der Waals surface area contributed by atoms with Crippen LogP contribution < -0.4 is 5.32 Å². The number of nitrogens with one attached hydrogen (secondary N) is 1. The first-order chi connectivity index (χ1) is 21.3. The van der Waals surface area contributed by atoms with Gasteiger partial charge in [-0.3, -0.25) is 4.79 Å². The minimum Gasteiger partial charge on any atom is -0.508 e. The molecule has 1 aliphatic heterocycles. The summed E-state index contributed by atoms with van der Waals surface area (Å²) in [7, 11) is 1.94. The molecule has 4 N–H and O–H groups in total. The fourth-order valence-electron chi connectivity index (χ4n) is 5.54. The number of phenols is 1. The lowest BCUT2D eigenvalue weighted by Gasteiger charge is -2.38. The average molecular weight is 597 g/mol. The van der Waals surface area contributed by atoms with Crippen LogP contribution in [0.15, 0.2) is 97.1 Å². The largest absolute Gasteiger partial charge is 0.508 e. The molecule has 4 aromatic carbocycles. The molecular formula is C36H40N2O6. The SMILES string of the molecule is CC(=O)NCc1cccc(-c2cccc(C3OC(CN(C)CC(O)c4cccc(O)c4)CC(c4ccc(CO)cc4)O3)c2)c1. The van der Waals surface area contributed by atoms with Gasteiger partial charge in [0.05, 0.1) is 24.9 Å². The zero-order valence-electron chi connectivity index (χ0n) is 25.1. The Hall–Kier alpha value is -4.05. The predicted molar refractivity (Wildman–Crippen MR) is 168 cm³/mol. The van der Waals surface area contributed by atoms with Gasteiger partial charge in [-0.25, -0.2) is 0 Å². The van der Waals surface area contributed by atoms with E-state index >= 15 is 0 Å². The molecule has 0 spiro atoms. The van der Waals surface area contributed by atoms with Crippen molar-refractivity contribution >= 4 is 5.91 Å². The van der Waals surface area contributed by atoms with Crippen molar-refractivity contribution in [1.29, 1.82) is 0 Å². The summed E-state index contributed by atoms with van der Waals surface area (Å²) in [5.74, 6) is 0.0511. The molecule has 1 heterocycles. The van der Waals surface area contributed by atoms with Crippen molar-refractivity contribution in [3.63, 3.8) is 0 Å². The van der Waals surface area contributed by atoms with Crippen molar-refractivity contribution < 1.29 is 29.6 Å². The van der Waals surface area contributed by atoms with Crippen LogP contribution in [-0.4, -0.2) is 52.4 Å². The number of rotatable bonds is 11. The summed E-state index contributed by atoms with van der Waals surface area (Å²) in [4.78, 5) is 13.4. The minimum atomic E-state index is -0.761. The molecule has 0 aromatic heterocycles. The molecule has 44 heavy (non-hydrogen) atoms. The van der Waals surface area contributed by atoms with Gasteiger partial charge in [-0.1, -0.05) is 72.8 Å². The lowest BCUT2D eigenvalue weighted by Crippen LogP contribution is -2.39. The van der Waals surface area contributed by atoms with Crippen molar-refractivity contribution in [3.05, 3.63) is 125 Å². The van der Waals surface area contributed by atoms with E-state index in [4.69, 9.17) is 9.47 Å². The fourth-order valence-corrected chi connectivity index (χ4v) is 5.54. The summed E-state index contributed by atoms with van der Waals surface area (Å²) in [5, 5.41) is 33.0. The molecule has 8 heteroatoms. The summed E-state index contributed by atoms with van der Waals surface area (Å²) in [6.45, 7) is 2.88. The van der Waals surface area contributed by atoms with Crippen LogP contribution in [0, 0.1) is 0 Å². The van der Waals surface area contributed by atoms with E-state index in [2.05, 4.69) is 17.4 Å². The van der Waals surface area contributed by atoms with E-state index in [1.807, 2.05) is 72.6 Å². The Bertz CT molecular complexity index is 1540. The molecule has 230 valence electrons. The number of likely N-dealkylation sites (N-methyl/N-ethyl adjacent to an activating group) is 1. The van der Waals surface area contributed by atoms with Crippen LogP contribution in [0.25, 0.3) is 11.1 Å². The second kappa shape index (κ2) is 14.6. The number of aromatic hydroxyl groups is 1. The van der Waals surface area contributed by atoms with E-state index in [1.54, 1.807) is 24.3 Å². The number of ether oxygens (including phenoxy) is 2. The highest BCUT2D eigenvalue weighted by atomic mass is 16.7. The quantitative estimate of drug-likeness (QED) is 0.184. The molecule has 1 amide bonds. The summed E-state index contributed by atoms with van der Waals surface area (Å²) in [6, 6.07) is 30.7. The number of hydrogen-bond donors (Lipinski definition) is 4. The molecule has 0 saturated carbocycles. The van der Waals surface area contributed by atoms with E-state index < -0.39 is 12.4 Å². The summed E-state index contributed by atoms with van der Waals surface area (Å²) < 4.78 is 13.1. The van der Waals surface area contributed by atoms with Crippen molar-refractivity contribution in [2.24, 2.45) is 0 Å². The highest BCUT2D eigenvalue weighted by molar-refractivity contribution is 5.73. The van der Waals surface area contributed by atoms with Crippen LogP contribution >= 0.6 is 0 Å². The number of hydrogen-bond acceptors (Lipinski definition) is 7. The van der Waals surface area contributed by atoms with Gasteiger partial charge < -0.3 is 35.0 Å². The number of nitrogens with zero attached hydrogens (tertiary/aromatic N) is 1. The van der Waals surface area contributed by atoms with Gasteiger partial charge >= 0.3 is 0 Å². The third kappa shape index (κ3) is 8.31. The first kappa shape index (κ1) is 31.4. The zero-order valence-corrected chi connectivity index (χ0v) is 25.1. The Kier molecular flexibility index (Phi) is 10.4. The van der Waals surface area contributed by atoms with Gasteiger partial charge in [0.15, 0.2) is 6.29 Å². The highest BCUT2D eigenvalue weighted by Crippen LogP contribution is 2.39. The fraction of sp³-hybridized carbons (Fsp3) is 0.306. The maximum Gasteiger partial charge on any atom is 0.217 e. The van der Waals surface area contributed by atoms with Gasteiger partial charge in [0.25, 0.3) is 0 Å². The molecule has 1 aliphatic rings. The summed E-state index contributed by atoms with van der Waals surface area (Å²) >= 11 is 0. The summed E-state index contributed by atoms with van der Waals surface area (Å²) in [5.41, 5.74) is 6.43. The highest BCUT2D eigenvalue weighted by Gasteiger charge is 2.33. The van der Waals surface area contributed by atoms with Crippen LogP contribution in [-0.2, 0) is 27.4 Å². The van der Waals surface area contributed by atoms with Crippen molar-refractivity contribution in [2.75, 3.05) is 20.1 Å². The molecular weight excluding hydrogens is 556 g/mol. The Morgan fingerprint density at radius 1 is 0.909 bits per heavy atom. The second-order valence-corrected chi connectivity index (χ2v) is 11.4. The van der Waals surface area contributed by atoms with Gasteiger partial charge in [-0.2, -0.15) is 0 Å². The molecule has 4 unspecified atom stereocenters. The van der Waals surface area contributed by atoms with E-state index in [0.29, 0.717) is 31.6 Å². The first-order valence-electron chi connectivity index (χ1n) is 14.9. The monoisotopic (exact) mass is 596 g/mol. The smallest absolute Gasteiger partial charge is 0.217 e. The number of carbonyl (C=O) groups is 1. The van der Waals surface area contributed by atoms with E-state index in [0.717, 1.165) is 33.4 Å². The Morgan fingerprint density at radius 3 is 2.36 bits per heavy atom. The van der Waals surface area contributed by atoms with Gasteiger partial charge in [-0.15, -0.1) is 0 Å². The predicted octanol–water partition coefficient (Wildman–Crippen LogP) is 5.40. The molecule has 1 saturated heterocycles. The van der Waals surface area contributed by atoms with Gasteiger partial charge in [-0.05, 0) is 64.7 Å². The molecule has 4 aromatic rings. The lowest BCUT2D eigenvalue weighted by atomic mass is 9.98. The molecule has 8 nitrogen and oxygen atoms in total. The van der Waals surface area contributed by atoms with Crippen LogP contribution in [0.2, 0.25) is 0 Å².